The zero-order chi connectivity index (χ0) is 18.2. The van der Waals surface area contributed by atoms with Crippen LogP contribution in [0.15, 0.2) is 29.2 Å². The van der Waals surface area contributed by atoms with Crippen molar-refractivity contribution in [1.29, 1.82) is 0 Å². The van der Waals surface area contributed by atoms with Gasteiger partial charge in [0.15, 0.2) is 5.78 Å². The summed E-state index contributed by atoms with van der Waals surface area (Å²) < 4.78 is 26.7. The molecule has 3 rings (SSSR count). The summed E-state index contributed by atoms with van der Waals surface area (Å²) in [4.78, 5) is 25.0. The molecule has 0 aromatic heterocycles. The van der Waals surface area contributed by atoms with E-state index in [1.165, 1.54) is 23.4 Å². The van der Waals surface area contributed by atoms with Crippen molar-refractivity contribution in [2.45, 2.75) is 30.7 Å². The van der Waals surface area contributed by atoms with Gasteiger partial charge in [0.05, 0.1) is 4.90 Å². The Bertz CT molecular complexity index is 762. The van der Waals surface area contributed by atoms with Gasteiger partial charge in [-0.3, -0.25) is 14.5 Å². The molecule has 0 aliphatic carbocycles. The third-order valence-electron chi connectivity index (χ3n) is 5.18. The Morgan fingerprint density at radius 2 is 1.64 bits per heavy atom. The topological polar surface area (TPSA) is 101 Å². The van der Waals surface area contributed by atoms with E-state index in [1.54, 1.807) is 12.1 Å². The van der Waals surface area contributed by atoms with Crippen LogP contribution in [0.3, 0.4) is 0 Å². The maximum atomic E-state index is 12.6. The maximum absolute atomic E-state index is 12.6. The van der Waals surface area contributed by atoms with E-state index in [-0.39, 0.29) is 28.5 Å². The van der Waals surface area contributed by atoms with Gasteiger partial charge in [-0.2, -0.15) is 4.31 Å². The van der Waals surface area contributed by atoms with Gasteiger partial charge in [0, 0.05) is 30.6 Å². The van der Waals surface area contributed by atoms with Gasteiger partial charge in [-0.15, -0.1) is 0 Å². The van der Waals surface area contributed by atoms with Crippen LogP contribution >= 0.6 is 0 Å². The van der Waals surface area contributed by atoms with E-state index in [4.69, 9.17) is 5.73 Å². The molecule has 7 nitrogen and oxygen atoms in total. The monoisotopic (exact) mass is 365 g/mol. The Balaban J connectivity index is 1.58. The number of hydrogen-bond acceptors (Lipinski definition) is 5. The van der Waals surface area contributed by atoms with E-state index >= 15 is 0 Å². The predicted octanol–water partition coefficient (Wildman–Crippen LogP) is 0.459. The first-order chi connectivity index (χ1) is 11.8. The molecular weight excluding hydrogens is 342 g/mol. The van der Waals surface area contributed by atoms with Crippen LogP contribution in [0.4, 0.5) is 0 Å². The lowest BCUT2D eigenvalue weighted by Crippen LogP contribution is -2.62. The van der Waals surface area contributed by atoms with Crippen molar-refractivity contribution in [2.24, 2.45) is 11.7 Å². The zero-order valence-electron chi connectivity index (χ0n) is 14.2. The molecule has 136 valence electrons. The summed E-state index contributed by atoms with van der Waals surface area (Å²) >= 11 is 0. The Morgan fingerprint density at radius 1 is 1.08 bits per heavy atom. The van der Waals surface area contributed by atoms with Gasteiger partial charge < -0.3 is 5.73 Å². The van der Waals surface area contributed by atoms with E-state index in [1.807, 2.05) is 0 Å². The number of benzene rings is 1. The summed E-state index contributed by atoms with van der Waals surface area (Å²) in [7, 11) is -3.52. The molecule has 0 bridgehead atoms. The highest BCUT2D eigenvalue weighted by molar-refractivity contribution is 7.89. The van der Waals surface area contributed by atoms with Crippen LogP contribution in [0.1, 0.15) is 30.1 Å². The van der Waals surface area contributed by atoms with Gasteiger partial charge >= 0.3 is 0 Å². The first kappa shape index (κ1) is 18.0. The van der Waals surface area contributed by atoms with Gasteiger partial charge in [0.2, 0.25) is 15.9 Å². The van der Waals surface area contributed by atoms with Crippen LogP contribution in [-0.2, 0) is 14.8 Å². The molecule has 2 aliphatic heterocycles. The van der Waals surface area contributed by atoms with Gasteiger partial charge in [-0.05, 0) is 45.0 Å². The number of nitrogens with zero attached hydrogens (tertiary/aromatic N) is 2. The summed E-state index contributed by atoms with van der Waals surface area (Å²) in [6.07, 6.45) is 1.48. The highest BCUT2D eigenvalue weighted by Crippen LogP contribution is 2.27. The number of carbonyl (C=O) groups excluding carboxylic acids is 2. The Hall–Kier alpha value is -1.77. The highest BCUT2D eigenvalue weighted by Gasteiger charge is 2.40. The molecule has 2 heterocycles. The average molecular weight is 365 g/mol. The number of amides is 1. The van der Waals surface area contributed by atoms with E-state index < -0.39 is 10.0 Å². The molecule has 2 fully saturated rings. The van der Waals surface area contributed by atoms with Crippen molar-refractivity contribution in [3.05, 3.63) is 29.8 Å². The first-order valence-electron chi connectivity index (χ1n) is 8.43. The molecule has 0 atom stereocenters. The molecule has 1 aromatic rings. The van der Waals surface area contributed by atoms with Gasteiger partial charge in [-0.1, -0.05) is 12.1 Å². The molecule has 25 heavy (non-hydrogen) atoms. The molecule has 2 aliphatic rings. The van der Waals surface area contributed by atoms with Crippen LogP contribution in [0.2, 0.25) is 0 Å². The maximum Gasteiger partial charge on any atom is 0.243 e. The van der Waals surface area contributed by atoms with E-state index in [9.17, 15) is 18.0 Å². The molecule has 1 amide bonds. The second-order valence-electron chi connectivity index (χ2n) is 6.77. The Labute approximate surface area is 147 Å². The number of hydrogen-bond donors (Lipinski definition) is 1. The zero-order valence-corrected chi connectivity index (χ0v) is 15.0. The van der Waals surface area contributed by atoms with Crippen molar-refractivity contribution in [3.8, 4) is 0 Å². The lowest BCUT2D eigenvalue weighted by molar-refractivity contribution is -0.123. The Kier molecular flexibility index (Phi) is 4.95. The highest BCUT2D eigenvalue weighted by atomic mass is 32.2. The van der Waals surface area contributed by atoms with Gasteiger partial charge in [-0.25, -0.2) is 8.42 Å². The predicted molar refractivity (Wildman–Crippen MR) is 92.5 cm³/mol. The summed E-state index contributed by atoms with van der Waals surface area (Å²) in [6, 6.07) is 6.25. The molecule has 2 saturated heterocycles. The second-order valence-corrected chi connectivity index (χ2v) is 8.71. The van der Waals surface area contributed by atoms with E-state index in [0.717, 1.165) is 25.9 Å². The molecule has 2 N–H and O–H groups in total. The lowest BCUT2D eigenvalue weighted by Gasteiger charge is -2.46. The van der Waals surface area contributed by atoms with Crippen molar-refractivity contribution in [3.63, 3.8) is 0 Å². The summed E-state index contributed by atoms with van der Waals surface area (Å²) in [5.41, 5.74) is 5.84. The molecule has 0 unspecified atom stereocenters. The standard InChI is InChI=1S/C17H23N3O4S/c1-12(21)13-2-4-16(5-3-13)25(23,24)20-10-15(11-20)19-8-6-14(7-9-19)17(18)22/h2-5,14-15H,6-11H2,1H3,(H2,18,22). The van der Waals surface area contributed by atoms with Crippen LogP contribution in [0.25, 0.3) is 0 Å². The van der Waals surface area contributed by atoms with E-state index in [2.05, 4.69) is 4.90 Å². The van der Waals surface area contributed by atoms with Crippen molar-refractivity contribution in [2.75, 3.05) is 26.2 Å². The van der Waals surface area contributed by atoms with Crippen LogP contribution in [-0.4, -0.2) is 61.5 Å². The second kappa shape index (κ2) is 6.86. The summed E-state index contributed by atoms with van der Waals surface area (Å²) in [6.45, 7) is 3.92. The number of primary amides is 1. The lowest BCUT2D eigenvalue weighted by atomic mass is 9.94. The van der Waals surface area contributed by atoms with Crippen molar-refractivity contribution >= 4 is 21.7 Å². The number of piperidine rings is 1. The smallest absolute Gasteiger partial charge is 0.243 e. The Morgan fingerprint density at radius 3 is 2.12 bits per heavy atom. The number of sulfonamides is 1. The van der Waals surface area contributed by atoms with Crippen LogP contribution in [0, 0.1) is 5.92 Å². The number of ketones is 1. The third-order valence-corrected chi connectivity index (χ3v) is 7.02. The van der Waals surface area contributed by atoms with Gasteiger partial charge in [0.1, 0.15) is 0 Å². The SMILES string of the molecule is CC(=O)c1ccc(S(=O)(=O)N2CC(N3CCC(C(N)=O)CC3)C2)cc1. The van der Waals surface area contributed by atoms with Crippen molar-refractivity contribution in [1.82, 2.24) is 9.21 Å². The fraction of sp³-hybridized carbons (Fsp3) is 0.529. The summed E-state index contributed by atoms with van der Waals surface area (Å²) in [5, 5.41) is 0. The van der Waals surface area contributed by atoms with Crippen molar-refractivity contribution < 1.29 is 18.0 Å². The van der Waals surface area contributed by atoms with Gasteiger partial charge in [0.25, 0.3) is 0 Å². The number of Topliss-reactive ketones (excluding diaryl/α,β-unsaturated/α-hetero) is 1. The molecule has 0 saturated carbocycles. The van der Waals surface area contributed by atoms with Crippen LogP contribution < -0.4 is 5.73 Å². The molecule has 0 radical (unpaired) electrons. The summed E-state index contributed by atoms with van der Waals surface area (Å²) in [5.74, 6) is -0.394. The number of rotatable bonds is 5. The third kappa shape index (κ3) is 3.61. The number of nitrogens with two attached hydrogens (primary N) is 1. The first-order valence-corrected chi connectivity index (χ1v) is 9.87. The fourth-order valence-corrected chi connectivity index (χ4v) is 4.92. The molecule has 0 spiro atoms. The minimum absolute atomic E-state index is 0.0593. The molecular formula is C17H23N3O4S. The normalized spacial score (nSPS) is 21.0. The largest absolute Gasteiger partial charge is 0.369 e. The van der Waals surface area contributed by atoms with Crippen LogP contribution in [0.5, 0.6) is 0 Å². The minimum Gasteiger partial charge on any atom is -0.369 e. The minimum atomic E-state index is -3.52. The number of likely N-dealkylation sites (tertiary alicyclic amines) is 1. The quantitative estimate of drug-likeness (QED) is 0.764. The average Bonchev–Trinajstić information content (AvgIpc) is 2.53. The van der Waals surface area contributed by atoms with E-state index in [0.29, 0.717) is 18.7 Å². The molecule has 1 aromatic carbocycles. The number of carbonyl (C=O) groups is 2. The molecule has 8 heteroatoms. The fourth-order valence-electron chi connectivity index (χ4n) is 3.40.